The second-order valence-corrected chi connectivity index (χ2v) is 7.55. The highest BCUT2D eigenvalue weighted by Crippen LogP contribution is 2.28. The van der Waals surface area contributed by atoms with Crippen molar-refractivity contribution in [3.63, 3.8) is 0 Å². The number of hydrogen-bond donors (Lipinski definition) is 1. The predicted molar refractivity (Wildman–Crippen MR) is 109 cm³/mol. The average Bonchev–Trinajstić information content (AvgIpc) is 3.02. The molecule has 158 valence electrons. The number of nitrogens with one attached hydrogen (secondary N) is 1. The Morgan fingerprint density at radius 1 is 1.17 bits per heavy atom. The molecule has 4 rings (SSSR count). The molecular weight excluding hydrogens is 390 g/mol. The molecule has 1 aliphatic rings. The fourth-order valence-corrected chi connectivity index (χ4v) is 3.90. The van der Waals surface area contributed by atoms with Gasteiger partial charge in [0.05, 0.1) is 19.0 Å². The summed E-state index contributed by atoms with van der Waals surface area (Å²) in [6.45, 7) is 0. The third kappa shape index (κ3) is 4.13. The molecule has 1 aliphatic carbocycles. The summed E-state index contributed by atoms with van der Waals surface area (Å²) in [5.41, 5.74) is 1.03. The Kier molecular flexibility index (Phi) is 5.92. The molecule has 8 heteroatoms. The van der Waals surface area contributed by atoms with E-state index in [1.165, 1.54) is 25.1 Å². The normalized spacial score (nSPS) is 15.3. The lowest BCUT2D eigenvalue weighted by Crippen LogP contribution is -2.34. The second kappa shape index (κ2) is 8.77. The Morgan fingerprint density at radius 3 is 2.50 bits per heavy atom. The van der Waals surface area contributed by atoms with Crippen LogP contribution in [0.2, 0.25) is 0 Å². The fraction of sp³-hybridized carbons (Fsp3) is 0.409. The first kappa shape index (κ1) is 20.3. The Labute approximate surface area is 173 Å². The Balaban J connectivity index is 1.71. The first-order valence-electron chi connectivity index (χ1n) is 10.2. The van der Waals surface area contributed by atoms with Crippen LogP contribution in [0.4, 0.5) is 8.78 Å². The molecule has 6 nitrogen and oxygen atoms in total. The molecule has 0 atom stereocenters. The number of fused-ring (bicyclic) bond motifs is 1. The maximum atomic E-state index is 13.7. The molecule has 0 aliphatic heterocycles. The smallest absolute Gasteiger partial charge is 0.280 e. The third-order valence-electron chi connectivity index (χ3n) is 5.54. The van der Waals surface area contributed by atoms with Gasteiger partial charge in [0, 0.05) is 11.6 Å². The zero-order valence-corrected chi connectivity index (χ0v) is 16.8. The molecule has 0 radical (unpaired) electrons. The van der Waals surface area contributed by atoms with Crippen molar-refractivity contribution in [2.24, 2.45) is 0 Å². The van der Waals surface area contributed by atoms with E-state index in [4.69, 9.17) is 4.74 Å². The SMILES string of the molecule is COc1ccc(-c2cc(C(F)F)n3ncc(C(=O)NC4CCCCCC4)c3n2)cc1. The van der Waals surface area contributed by atoms with Gasteiger partial charge in [0.25, 0.3) is 12.3 Å². The van der Waals surface area contributed by atoms with Crippen LogP contribution in [0.1, 0.15) is 61.0 Å². The molecule has 3 aromatic rings. The van der Waals surface area contributed by atoms with Crippen LogP contribution in [0.15, 0.2) is 36.5 Å². The molecule has 30 heavy (non-hydrogen) atoms. The first-order chi connectivity index (χ1) is 14.6. The summed E-state index contributed by atoms with van der Waals surface area (Å²) in [5, 5.41) is 7.07. The molecular formula is C22H24F2N4O2. The van der Waals surface area contributed by atoms with E-state index >= 15 is 0 Å². The minimum Gasteiger partial charge on any atom is -0.497 e. The van der Waals surface area contributed by atoms with E-state index in [2.05, 4.69) is 15.4 Å². The number of alkyl halides is 2. The summed E-state index contributed by atoms with van der Waals surface area (Å²) >= 11 is 0. The topological polar surface area (TPSA) is 68.5 Å². The average molecular weight is 414 g/mol. The van der Waals surface area contributed by atoms with Gasteiger partial charge in [-0.2, -0.15) is 5.10 Å². The molecule has 2 aromatic heterocycles. The van der Waals surface area contributed by atoms with Gasteiger partial charge in [0.1, 0.15) is 17.0 Å². The van der Waals surface area contributed by atoms with Crippen LogP contribution in [0.5, 0.6) is 5.75 Å². The van der Waals surface area contributed by atoms with Gasteiger partial charge in [-0.1, -0.05) is 25.7 Å². The second-order valence-electron chi connectivity index (χ2n) is 7.55. The third-order valence-corrected chi connectivity index (χ3v) is 5.54. The fourth-order valence-electron chi connectivity index (χ4n) is 3.90. The van der Waals surface area contributed by atoms with Crippen molar-refractivity contribution in [3.05, 3.63) is 47.8 Å². The van der Waals surface area contributed by atoms with Gasteiger partial charge < -0.3 is 10.1 Å². The molecule has 0 bridgehead atoms. The standard InChI is InChI=1S/C22H24F2N4O2/c1-30-16-10-8-14(9-11-16)18-12-19(20(23)24)28-21(27-18)17(13-25-28)22(29)26-15-6-4-2-3-5-7-15/h8-13,15,20H,2-7H2,1H3,(H,26,29). The van der Waals surface area contributed by atoms with Gasteiger partial charge in [0.2, 0.25) is 0 Å². The van der Waals surface area contributed by atoms with Crippen LogP contribution in [-0.4, -0.2) is 33.7 Å². The molecule has 1 N–H and O–H groups in total. The lowest BCUT2D eigenvalue weighted by molar-refractivity contribution is 0.0934. The number of carbonyl (C=O) groups excluding carboxylic acids is 1. The Hall–Kier alpha value is -3.03. The maximum absolute atomic E-state index is 13.7. The van der Waals surface area contributed by atoms with Crippen LogP contribution < -0.4 is 10.1 Å². The van der Waals surface area contributed by atoms with Crippen molar-refractivity contribution >= 4 is 11.6 Å². The zero-order valence-electron chi connectivity index (χ0n) is 16.8. The molecule has 0 saturated heterocycles. The van der Waals surface area contributed by atoms with Gasteiger partial charge in [0.15, 0.2) is 5.65 Å². The highest BCUT2D eigenvalue weighted by molar-refractivity contribution is 6.00. The highest BCUT2D eigenvalue weighted by Gasteiger charge is 2.23. The first-order valence-corrected chi connectivity index (χ1v) is 10.2. The van der Waals surface area contributed by atoms with E-state index in [0.29, 0.717) is 17.0 Å². The number of amides is 1. The van der Waals surface area contributed by atoms with Crippen molar-refractivity contribution in [1.29, 1.82) is 0 Å². The van der Waals surface area contributed by atoms with E-state index < -0.39 is 6.43 Å². The highest BCUT2D eigenvalue weighted by atomic mass is 19.3. The lowest BCUT2D eigenvalue weighted by atomic mass is 10.1. The Morgan fingerprint density at radius 2 is 1.87 bits per heavy atom. The minimum absolute atomic E-state index is 0.0919. The van der Waals surface area contributed by atoms with Crippen molar-refractivity contribution in [3.8, 4) is 17.0 Å². The van der Waals surface area contributed by atoms with Crippen LogP contribution in [0.3, 0.4) is 0 Å². The quantitative estimate of drug-likeness (QED) is 0.609. The molecule has 1 aromatic carbocycles. The number of ether oxygens (including phenoxy) is 1. The molecule has 0 unspecified atom stereocenters. The van der Waals surface area contributed by atoms with Crippen LogP contribution in [0, 0.1) is 0 Å². The van der Waals surface area contributed by atoms with E-state index in [1.54, 1.807) is 31.4 Å². The number of aromatic nitrogens is 3. The van der Waals surface area contributed by atoms with E-state index in [0.717, 1.165) is 30.2 Å². The van der Waals surface area contributed by atoms with Gasteiger partial charge >= 0.3 is 0 Å². The number of nitrogens with zero attached hydrogens (tertiary/aromatic N) is 3. The summed E-state index contributed by atoms with van der Waals surface area (Å²) in [4.78, 5) is 17.4. The lowest BCUT2D eigenvalue weighted by Gasteiger charge is -2.15. The summed E-state index contributed by atoms with van der Waals surface area (Å²) in [5.74, 6) is 0.332. The monoisotopic (exact) mass is 414 g/mol. The van der Waals surface area contributed by atoms with Gasteiger partial charge in [-0.05, 0) is 43.2 Å². The number of benzene rings is 1. The van der Waals surface area contributed by atoms with E-state index in [-0.39, 0.29) is 28.9 Å². The van der Waals surface area contributed by atoms with Crippen LogP contribution >= 0.6 is 0 Å². The number of carbonyl (C=O) groups is 1. The Bertz CT molecular complexity index is 1030. The molecule has 2 heterocycles. The van der Waals surface area contributed by atoms with Crippen molar-refractivity contribution in [2.75, 3.05) is 7.11 Å². The van der Waals surface area contributed by atoms with Crippen molar-refractivity contribution < 1.29 is 18.3 Å². The largest absolute Gasteiger partial charge is 0.497 e. The van der Waals surface area contributed by atoms with Gasteiger partial charge in [-0.3, -0.25) is 4.79 Å². The summed E-state index contributed by atoms with van der Waals surface area (Å²) in [6, 6.07) is 8.36. The summed E-state index contributed by atoms with van der Waals surface area (Å²) < 4.78 is 33.7. The number of hydrogen-bond acceptors (Lipinski definition) is 4. The van der Waals surface area contributed by atoms with Gasteiger partial charge in [-0.15, -0.1) is 0 Å². The summed E-state index contributed by atoms with van der Waals surface area (Å²) in [6.07, 6.45) is 4.92. The predicted octanol–water partition coefficient (Wildman–Crippen LogP) is 4.80. The van der Waals surface area contributed by atoms with Crippen LogP contribution in [0.25, 0.3) is 16.9 Å². The van der Waals surface area contributed by atoms with E-state index in [1.807, 2.05) is 0 Å². The van der Waals surface area contributed by atoms with Crippen molar-refractivity contribution in [1.82, 2.24) is 19.9 Å². The molecule has 1 amide bonds. The van der Waals surface area contributed by atoms with Crippen molar-refractivity contribution in [2.45, 2.75) is 51.0 Å². The summed E-state index contributed by atoms with van der Waals surface area (Å²) in [7, 11) is 1.56. The minimum atomic E-state index is -2.76. The molecule has 0 spiro atoms. The number of methoxy groups -OCH3 is 1. The maximum Gasteiger partial charge on any atom is 0.280 e. The number of rotatable bonds is 5. The number of halogens is 2. The molecule has 1 saturated carbocycles. The molecule has 1 fully saturated rings. The van der Waals surface area contributed by atoms with Gasteiger partial charge in [-0.25, -0.2) is 18.3 Å². The van der Waals surface area contributed by atoms with Crippen LogP contribution in [-0.2, 0) is 0 Å². The van der Waals surface area contributed by atoms with E-state index in [9.17, 15) is 13.6 Å². The zero-order chi connectivity index (χ0) is 21.1.